The van der Waals surface area contributed by atoms with E-state index < -0.39 is 15.8 Å². The average molecular weight is 372 g/mol. The summed E-state index contributed by atoms with van der Waals surface area (Å²) in [7, 11) is -3.87. The Balaban J connectivity index is 1.76. The van der Waals surface area contributed by atoms with Crippen molar-refractivity contribution in [2.75, 3.05) is 10.0 Å². The van der Waals surface area contributed by atoms with E-state index in [0.717, 1.165) is 17.3 Å². The van der Waals surface area contributed by atoms with Crippen molar-refractivity contribution < 1.29 is 12.8 Å². The van der Waals surface area contributed by atoms with E-state index in [9.17, 15) is 12.8 Å². The summed E-state index contributed by atoms with van der Waals surface area (Å²) >= 11 is 0. The molecule has 0 aliphatic heterocycles. The first-order chi connectivity index (χ1) is 12.3. The number of rotatable bonds is 5. The van der Waals surface area contributed by atoms with Crippen LogP contribution in [0.25, 0.3) is 0 Å². The molecule has 8 heteroatoms. The second-order valence-electron chi connectivity index (χ2n) is 5.76. The molecule has 3 rings (SSSR count). The van der Waals surface area contributed by atoms with Crippen LogP contribution in [-0.4, -0.2) is 18.6 Å². The number of aryl methyl sites for hydroxylation is 2. The summed E-state index contributed by atoms with van der Waals surface area (Å²) < 4.78 is 40.4. The highest BCUT2D eigenvalue weighted by Crippen LogP contribution is 2.20. The minimum atomic E-state index is -3.87. The largest absolute Gasteiger partial charge is 0.339 e. The zero-order valence-electron chi connectivity index (χ0n) is 14.2. The molecule has 0 amide bonds. The van der Waals surface area contributed by atoms with Gasteiger partial charge in [0.15, 0.2) is 11.6 Å². The van der Waals surface area contributed by atoms with Crippen molar-refractivity contribution in [2.24, 2.45) is 0 Å². The van der Waals surface area contributed by atoms with Gasteiger partial charge in [0, 0.05) is 5.69 Å². The number of nitrogens with zero attached hydrogens (tertiary/aromatic N) is 2. The van der Waals surface area contributed by atoms with Crippen molar-refractivity contribution in [3.8, 4) is 0 Å². The number of halogens is 1. The van der Waals surface area contributed by atoms with Crippen LogP contribution in [0.1, 0.15) is 11.1 Å². The van der Waals surface area contributed by atoms with Crippen LogP contribution in [0, 0.1) is 19.7 Å². The van der Waals surface area contributed by atoms with Gasteiger partial charge in [0.2, 0.25) is 0 Å². The molecule has 6 nitrogen and oxygen atoms in total. The molecule has 0 radical (unpaired) electrons. The van der Waals surface area contributed by atoms with Crippen LogP contribution >= 0.6 is 0 Å². The highest BCUT2D eigenvalue weighted by molar-refractivity contribution is 7.92. The molecule has 0 saturated heterocycles. The fourth-order valence-electron chi connectivity index (χ4n) is 2.29. The van der Waals surface area contributed by atoms with Gasteiger partial charge in [-0.15, -0.1) is 10.2 Å². The van der Waals surface area contributed by atoms with Crippen molar-refractivity contribution in [3.63, 3.8) is 0 Å². The quantitative estimate of drug-likeness (QED) is 0.712. The Bertz CT molecular complexity index is 1040. The van der Waals surface area contributed by atoms with Crippen molar-refractivity contribution in [1.82, 2.24) is 10.2 Å². The Morgan fingerprint density at radius 3 is 2.23 bits per heavy atom. The van der Waals surface area contributed by atoms with Gasteiger partial charge in [-0.05, 0) is 61.4 Å². The van der Waals surface area contributed by atoms with Gasteiger partial charge in [0.25, 0.3) is 10.0 Å². The number of hydrogen-bond acceptors (Lipinski definition) is 5. The molecule has 3 aromatic rings. The Kier molecular flexibility index (Phi) is 4.85. The lowest BCUT2D eigenvalue weighted by Crippen LogP contribution is -2.14. The van der Waals surface area contributed by atoms with E-state index in [2.05, 4.69) is 20.2 Å². The minimum Gasteiger partial charge on any atom is -0.339 e. The van der Waals surface area contributed by atoms with Crippen LogP contribution in [0.5, 0.6) is 0 Å². The highest BCUT2D eigenvalue weighted by atomic mass is 32.2. The topological polar surface area (TPSA) is 84.0 Å². The van der Waals surface area contributed by atoms with E-state index >= 15 is 0 Å². The zero-order chi connectivity index (χ0) is 18.7. The smallest absolute Gasteiger partial charge is 0.263 e. The number of aromatic nitrogens is 2. The molecular formula is C18H17FN4O2S. The molecule has 26 heavy (non-hydrogen) atoms. The Hall–Kier alpha value is -3.00. The Labute approximate surface area is 151 Å². The summed E-state index contributed by atoms with van der Waals surface area (Å²) in [6.07, 6.45) is 0. The van der Waals surface area contributed by atoms with Crippen molar-refractivity contribution >= 4 is 27.3 Å². The summed E-state index contributed by atoms with van der Waals surface area (Å²) in [5.74, 6) is 0.0950. The minimum absolute atomic E-state index is 0.0414. The molecule has 0 aliphatic carbocycles. The molecule has 1 aromatic heterocycles. The SMILES string of the molecule is Cc1cc(S(=O)(=O)Nc2ccc(Nc3ccccc3C)nn2)ccc1F. The Morgan fingerprint density at radius 2 is 1.58 bits per heavy atom. The molecule has 1 heterocycles. The van der Waals surface area contributed by atoms with Gasteiger partial charge < -0.3 is 5.32 Å². The standard InChI is InChI=1S/C18H17FN4O2S/c1-12-5-3-4-6-16(12)20-17-9-10-18(22-21-17)23-26(24,25)14-7-8-15(19)13(2)11-14/h3-11H,1-2H3,(H,20,21)(H,22,23). The highest BCUT2D eigenvalue weighted by Gasteiger charge is 2.16. The molecular weight excluding hydrogens is 355 g/mol. The number of hydrogen-bond donors (Lipinski definition) is 2. The van der Waals surface area contributed by atoms with Gasteiger partial charge in [-0.25, -0.2) is 12.8 Å². The summed E-state index contributed by atoms with van der Waals surface area (Å²) in [4.78, 5) is -0.0414. The van der Waals surface area contributed by atoms with E-state index in [-0.39, 0.29) is 16.3 Å². The summed E-state index contributed by atoms with van der Waals surface area (Å²) in [6.45, 7) is 3.46. The van der Waals surface area contributed by atoms with Crippen LogP contribution in [0.15, 0.2) is 59.5 Å². The van der Waals surface area contributed by atoms with Crippen molar-refractivity contribution in [1.29, 1.82) is 0 Å². The van der Waals surface area contributed by atoms with Crippen molar-refractivity contribution in [2.45, 2.75) is 18.7 Å². The van der Waals surface area contributed by atoms with E-state index in [1.54, 1.807) is 6.07 Å². The van der Waals surface area contributed by atoms with Crippen molar-refractivity contribution in [3.05, 3.63) is 71.5 Å². The number of anilines is 3. The molecule has 134 valence electrons. The third kappa shape index (κ3) is 3.97. The maximum Gasteiger partial charge on any atom is 0.263 e. The number of para-hydroxylation sites is 1. The first-order valence-corrected chi connectivity index (χ1v) is 9.29. The van der Waals surface area contributed by atoms with Gasteiger partial charge in [-0.1, -0.05) is 18.2 Å². The number of nitrogens with one attached hydrogen (secondary N) is 2. The molecule has 0 spiro atoms. The fourth-order valence-corrected chi connectivity index (χ4v) is 3.37. The monoisotopic (exact) mass is 372 g/mol. The van der Waals surface area contributed by atoms with Crippen LogP contribution in [0.3, 0.4) is 0 Å². The molecule has 0 aliphatic rings. The lowest BCUT2D eigenvalue weighted by molar-refractivity contribution is 0.598. The maximum atomic E-state index is 13.3. The first-order valence-electron chi connectivity index (χ1n) is 7.80. The van der Waals surface area contributed by atoms with Crippen LogP contribution in [0.4, 0.5) is 21.7 Å². The second kappa shape index (κ2) is 7.09. The maximum absolute atomic E-state index is 13.3. The normalized spacial score (nSPS) is 11.2. The lowest BCUT2D eigenvalue weighted by Gasteiger charge is -2.10. The summed E-state index contributed by atoms with van der Waals surface area (Å²) in [6, 6.07) is 14.4. The zero-order valence-corrected chi connectivity index (χ0v) is 15.0. The second-order valence-corrected chi connectivity index (χ2v) is 7.44. The molecule has 0 fully saturated rings. The first kappa shape index (κ1) is 17.8. The molecule has 0 atom stereocenters. The van der Waals surface area contributed by atoms with E-state index in [4.69, 9.17) is 0 Å². The molecule has 2 aromatic carbocycles. The predicted octanol–water partition coefficient (Wildman–Crippen LogP) is 3.78. The molecule has 0 unspecified atom stereocenters. The van der Waals surface area contributed by atoms with E-state index in [0.29, 0.717) is 5.82 Å². The van der Waals surface area contributed by atoms with Gasteiger partial charge in [0.1, 0.15) is 5.82 Å². The van der Waals surface area contributed by atoms with Gasteiger partial charge in [-0.2, -0.15) is 0 Å². The predicted molar refractivity (Wildman–Crippen MR) is 98.4 cm³/mol. The van der Waals surface area contributed by atoms with E-state index in [1.165, 1.54) is 25.1 Å². The third-order valence-electron chi connectivity index (χ3n) is 3.75. The molecule has 0 saturated carbocycles. The average Bonchev–Trinajstić information content (AvgIpc) is 2.60. The number of benzene rings is 2. The summed E-state index contributed by atoms with van der Waals surface area (Å²) in [5.41, 5.74) is 2.18. The van der Waals surface area contributed by atoms with Crippen LogP contribution < -0.4 is 10.0 Å². The lowest BCUT2D eigenvalue weighted by atomic mass is 10.2. The molecule has 2 N–H and O–H groups in total. The van der Waals surface area contributed by atoms with Gasteiger partial charge in [0.05, 0.1) is 4.90 Å². The molecule has 0 bridgehead atoms. The third-order valence-corrected chi connectivity index (χ3v) is 5.10. The van der Waals surface area contributed by atoms with Crippen LogP contribution in [0.2, 0.25) is 0 Å². The number of sulfonamides is 1. The Morgan fingerprint density at radius 1 is 0.885 bits per heavy atom. The van der Waals surface area contributed by atoms with Crippen LogP contribution in [-0.2, 0) is 10.0 Å². The van der Waals surface area contributed by atoms with E-state index in [1.807, 2.05) is 31.2 Å². The van der Waals surface area contributed by atoms with Gasteiger partial charge >= 0.3 is 0 Å². The summed E-state index contributed by atoms with van der Waals surface area (Å²) in [5, 5.41) is 11.0. The van der Waals surface area contributed by atoms with Gasteiger partial charge in [-0.3, -0.25) is 4.72 Å². The fraction of sp³-hybridized carbons (Fsp3) is 0.111.